The van der Waals surface area contributed by atoms with Crippen molar-refractivity contribution < 1.29 is 0 Å². The number of piperazine rings is 1. The van der Waals surface area contributed by atoms with Crippen molar-refractivity contribution in [1.82, 2.24) is 30.0 Å². The quantitative estimate of drug-likeness (QED) is 0.554. The van der Waals surface area contributed by atoms with E-state index in [4.69, 9.17) is 10.1 Å². The van der Waals surface area contributed by atoms with E-state index in [1.54, 1.807) is 0 Å². The van der Waals surface area contributed by atoms with E-state index in [1.807, 2.05) is 30.2 Å². The average molecular weight is 390 g/mol. The van der Waals surface area contributed by atoms with Gasteiger partial charge in [0.1, 0.15) is 5.82 Å². The molecule has 0 spiro atoms. The van der Waals surface area contributed by atoms with Crippen molar-refractivity contribution in [2.45, 2.75) is 26.2 Å². The van der Waals surface area contributed by atoms with Crippen molar-refractivity contribution in [3.05, 3.63) is 41.5 Å². The highest BCUT2D eigenvalue weighted by molar-refractivity contribution is 5.75. The van der Waals surface area contributed by atoms with Crippen LogP contribution in [0.3, 0.4) is 0 Å². The maximum atomic E-state index is 4.82. The minimum absolute atomic E-state index is 0.382. The van der Waals surface area contributed by atoms with Crippen molar-refractivity contribution in [3.8, 4) is 11.3 Å². The summed E-state index contributed by atoms with van der Waals surface area (Å²) in [5, 5.41) is 11.3. The Hall–Kier alpha value is -3.00. The van der Waals surface area contributed by atoms with Crippen molar-refractivity contribution in [2.24, 2.45) is 7.05 Å². The second-order valence-electron chi connectivity index (χ2n) is 7.99. The van der Waals surface area contributed by atoms with Crippen LogP contribution in [0.25, 0.3) is 11.3 Å². The van der Waals surface area contributed by atoms with Gasteiger partial charge in [0.15, 0.2) is 0 Å². The molecule has 0 bridgehead atoms. The Balaban J connectivity index is 1.40. The van der Waals surface area contributed by atoms with Crippen LogP contribution in [0.1, 0.15) is 36.7 Å². The van der Waals surface area contributed by atoms with Gasteiger partial charge in [0.2, 0.25) is 5.95 Å². The number of anilines is 3. The van der Waals surface area contributed by atoms with E-state index in [1.165, 1.54) is 11.3 Å². The van der Waals surface area contributed by atoms with E-state index < -0.39 is 0 Å². The normalized spacial score (nSPS) is 15.5. The Morgan fingerprint density at radius 2 is 1.93 bits per heavy atom. The molecule has 2 aliphatic rings. The predicted octanol–water partition coefficient (Wildman–Crippen LogP) is 2.45. The fourth-order valence-electron chi connectivity index (χ4n) is 4.32. The van der Waals surface area contributed by atoms with Crippen LogP contribution in [-0.4, -0.2) is 50.9 Å². The summed E-state index contributed by atoms with van der Waals surface area (Å²) >= 11 is 0. The first kappa shape index (κ1) is 18.1. The summed E-state index contributed by atoms with van der Waals surface area (Å²) in [6.45, 7) is 8.43. The molecule has 0 unspecified atom stereocenters. The second kappa shape index (κ2) is 7.11. The number of hydrogen-bond donors (Lipinski definition) is 2. The van der Waals surface area contributed by atoms with E-state index in [0.717, 1.165) is 61.1 Å². The lowest BCUT2D eigenvalue weighted by molar-refractivity contribution is 0.589. The van der Waals surface area contributed by atoms with Crippen molar-refractivity contribution in [1.29, 1.82) is 0 Å². The largest absolute Gasteiger partial charge is 0.368 e. The van der Waals surface area contributed by atoms with Gasteiger partial charge in [0.25, 0.3) is 0 Å². The molecule has 0 saturated carbocycles. The van der Waals surface area contributed by atoms with Crippen LogP contribution in [0.4, 0.5) is 17.5 Å². The molecule has 8 heteroatoms. The molecule has 0 radical (unpaired) electrons. The summed E-state index contributed by atoms with van der Waals surface area (Å²) < 4.78 is 1.99. The lowest BCUT2D eigenvalue weighted by atomic mass is 10.0. The maximum absolute atomic E-state index is 4.82. The van der Waals surface area contributed by atoms with Crippen molar-refractivity contribution in [3.63, 3.8) is 0 Å². The number of nitrogens with zero attached hydrogens (tertiary/aromatic N) is 6. The summed E-state index contributed by atoms with van der Waals surface area (Å²) in [4.78, 5) is 16.2. The highest BCUT2D eigenvalue weighted by Crippen LogP contribution is 2.40. The second-order valence-corrected chi connectivity index (χ2v) is 7.99. The van der Waals surface area contributed by atoms with Gasteiger partial charge in [-0.15, -0.1) is 0 Å². The number of fused-ring (bicyclic) bond motifs is 3. The SMILES string of the molecule is CC(C)c1c2c(nn1C)Cc1cnc(Nc3ccc(N4CCNCC4)cn3)nc1-2. The Kier molecular flexibility index (Phi) is 4.43. The molecule has 4 heterocycles. The monoisotopic (exact) mass is 390 g/mol. The molecule has 1 fully saturated rings. The molecule has 5 rings (SSSR count). The lowest BCUT2D eigenvalue weighted by Crippen LogP contribution is -2.43. The van der Waals surface area contributed by atoms with Crippen LogP contribution in [0, 0.1) is 0 Å². The molecule has 0 atom stereocenters. The van der Waals surface area contributed by atoms with Gasteiger partial charge in [-0.05, 0) is 18.1 Å². The van der Waals surface area contributed by atoms with E-state index in [9.17, 15) is 0 Å². The van der Waals surface area contributed by atoms with Gasteiger partial charge in [-0.25, -0.2) is 15.0 Å². The van der Waals surface area contributed by atoms with Gasteiger partial charge < -0.3 is 15.5 Å². The number of aryl methyl sites for hydroxylation is 1. The minimum Gasteiger partial charge on any atom is -0.368 e. The molecule has 3 aromatic heterocycles. The molecule has 150 valence electrons. The van der Waals surface area contributed by atoms with E-state index in [-0.39, 0.29) is 0 Å². The number of rotatable bonds is 4. The standard InChI is InChI=1S/C21H26N8/c1-13(2)20-18-16(27-28(20)3)10-14-11-24-21(26-19(14)18)25-17-5-4-15(12-23-17)29-8-6-22-7-9-29/h4-5,11-13,22H,6-10H2,1-3H3,(H,23,24,25,26). The molecule has 1 aliphatic carbocycles. The fourth-order valence-corrected chi connectivity index (χ4v) is 4.32. The topological polar surface area (TPSA) is 83.8 Å². The zero-order valence-electron chi connectivity index (χ0n) is 17.1. The van der Waals surface area contributed by atoms with Gasteiger partial charge >= 0.3 is 0 Å². The number of aromatic nitrogens is 5. The maximum Gasteiger partial charge on any atom is 0.228 e. The first-order chi connectivity index (χ1) is 14.1. The van der Waals surface area contributed by atoms with Crippen LogP contribution in [0.5, 0.6) is 0 Å². The van der Waals surface area contributed by atoms with Crippen molar-refractivity contribution >= 4 is 17.5 Å². The molecule has 29 heavy (non-hydrogen) atoms. The van der Waals surface area contributed by atoms with Crippen LogP contribution < -0.4 is 15.5 Å². The van der Waals surface area contributed by atoms with Gasteiger partial charge in [-0.3, -0.25) is 4.68 Å². The van der Waals surface area contributed by atoms with Crippen LogP contribution in [-0.2, 0) is 13.5 Å². The molecular formula is C21H26N8. The Morgan fingerprint density at radius 3 is 2.66 bits per heavy atom. The number of hydrogen-bond acceptors (Lipinski definition) is 7. The van der Waals surface area contributed by atoms with Crippen LogP contribution in [0.2, 0.25) is 0 Å². The predicted molar refractivity (Wildman–Crippen MR) is 114 cm³/mol. The Bertz CT molecular complexity index is 1030. The fraction of sp³-hybridized carbons (Fsp3) is 0.429. The molecule has 1 aliphatic heterocycles. The Morgan fingerprint density at radius 1 is 1.10 bits per heavy atom. The molecule has 3 aromatic rings. The van der Waals surface area contributed by atoms with Gasteiger partial charge in [-0.2, -0.15) is 5.10 Å². The third-order valence-corrected chi connectivity index (χ3v) is 5.64. The van der Waals surface area contributed by atoms with Gasteiger partial charge in [-0.1, -0.05) is 13.8 Å². The number of pyridine rings is 1. The summed E-state index contributed by atoms with van der Waals surface area (Å²) in [7, 11) is 2.01. The molecule has 0 amide bonds. The zero-order chi connectivity index (χ0) is 20.0. The summed E-state index contributed by atoms with van der Waals surface area (Å²) in [5.74, 6) is 1.70. The molecule has 8 nitrogen and oxygen atoms in total. The summed E-state index contributed by atoms with van der Waals surface area (Å²) in [5.41, 5.74) is 6.76. The van der Waals surface area contributed by atoms with Crippen molar-refractivity contribution in [2.75, 3.05) is 36.4 Å². The molecule has 1 saturated heterocycles. The smallest absolute Gasteiger partial charge is 0.228 e. The first-order valence-electron chi connectivity index (χ1n) is 10.2. The van der Waals surface area contributed by atoms with E-state index in [0.29, 0.717) is 11.9 Å². The molecular weight excluding hydrogens is 364 g/mol. The highest BCUT2D eigenvalue weighted by Gasteiger charge is 2.29. The van der Waals surface area contributed by atoms with Crippen LogP contribution >= 0.6 is 0 Å². The highest BCUT2D eigenvalue weighted by atomic mass is 15.3. The third kappa shape index (κ3) is 3.23. The average Bonchev–Trinajstić information content (AvgIpc) is 3.23. The number of nitrogens with one attached hydrogen (secondary N) is 2. The molecule has 2 N–H and O–H groups in total. The lowest BCUT2D eigenvalue weighted by Gasteiger charge is -2.29. The Labute approximate surface area is 170 Å². The van der Waals surface area contributed by atoms with E-state index in [2.05, 4.69) is 45.4 Å². The van der Waals surface area contributed by atoms with Crippen LogP contribution in [0.15, 0.2) is 24.5 Å². The molecule has 0 aromatic carbocycles. The summed E-state index contributed by atoms with van der Waals surface area (Å²) in [6.07, 6.45) is 4.62. The van der Waals surface area contributed by atoms with Gasteiger partial charge in [0.05, 0.1) is 29.0 Å². The zero-order valence-corrected chi connectivity index (χ0v) is 17.1. The first-order valence-corrected chi connectivity index (χ1v) is 10.2. The third-order valence-electron chi connectivity index (χ3n) is 5.64. The minimum atomic E-state index is 0.382. The summed E-state index contributed by atoms with van der Waals surface area (Å²) in [6, 6.07) is 4.09. The van der Waals surface area contributed by atoms with Gasteiger partial charge in [0, 0.05) is 57.0 Å². The van der Waals surface area contributed by atoms with E-state index >= 15 is 0 Å².